The van der Waals surface area contributed by atoms with Crippen LogP contribution in [-0.2, 0) is 27.8 Å². The molecule has 1 atom stereocenters. The SMILES string of the molecule is CC1COCCN1c1nc2c(c(-c3ccc(N)cc3)n1)CN(S(C)(=O)=O)C2. The Morgan fingerprint density at radius 1 is 1.19 bits per heavy atom. The zero-order valence-electron chi connectivity index (χ0n) is 15.4. The van der Waals surface area contributed by atoms with E-state index in [-0.39, 0.29) is 19.1 Å². The van der Waals surface area contributed by atoms with Crippen LogP contribution in [0, 0.1) is 0 Å². The number of aromatic nitrogens is 2. The molecule has 0 bridgehead atoms. The van der Waals surface area contributed by atoms with E-state index in [2.05, 4.69) is 11.8 Å². The Kier molecular flexibility index (Phi) is 4.53. The van der Waals surface area contributed by atoms with Gasteiger partial charge in [-0.05, 0) is 19.1 Å². The van der Waals surface area contributed by atoms with Crippen molar-refractivity contribution in [2.45, 2.75) is 26.1 Å². The summed E-state index contributed by atoms with van der Waals surface area (Å²) in [5, 5.41) is 0. The number of rotatable bonds is 3. The number of ether oxygens (including phenoxy) is 1. The standard InChI is InChI=1S/C18H23N5O3S/c1-12-11-26-8-7-23(12)18-20-16-10-22(27(2,24)25)9-15(16)17(21-18)13-3-5-14(19)6-4-13/h3-6,12H,7-11,19H2,1-2H3. The lowest BCUT2D eigenvalue weighted by atomic mass is 10.1. The molecule has 2 aliphatic heterocycles. The van der Waals surface area contributed by atoms with E-state index in [1.54, 1.807) is 0 Å². The molecule has 3 heterocycles. The number of fused-ring (bicyclic) bond motifs is 1. The first-order valence-electron chi connectivity index (χ1n) is 8.88. The molecular formula is C18H23N5O3S. The summed E-state index contributed by atoms with van der Waals surface area (Å²) in [4.78, 5) is 11.7. The van der Waals surface area contributed by atoms with Gasteiger partial charge in [0.25, 0.3) is 0 Å². The Balaban J connectivity index is 1.83. The highest BCUT2D eigenvalue weighted by atomic mass is 32.2. The van der Waals surface area contributed by atoms with E-state index in [0.717, 1.165) is 22.5 Å². The summed E-state index contributed by atoms with van der Waals surface area (Å²) < 4.78 is 31.1. The second-order valence-electron chi connectivity index (χ2n) is 7.07. The second kappa shape index (κ2) is 6.74. The molecule has 4 rings (SSSR count). The van der Waals surface area contributed by atoms with Crippen molar-refractivity contribution >= 4 is 21.7 Å². The van der Waals surface area contributed by atoms with Crippen molar-refractivity contribution in [3.05, 3.63) is 35.5 Å². The van der Waals surface area contributed by atoms with Crippen molar-refractivity contribution < 1.29 is 13.2 Å². The van der Waals surface area contributed by atoms with Crippen LogP contribution in [-0.4, -0.2) is 54.7 Å². The van der Waals surface area contributed by atoms with Crippen LogP contribution < -0.4 is 10.6 Å². The van der Waals surface area contributed by atoms with Gasteiger partial charge in [0.2, 0.25) is 16.0 Å². The highest BCUT2D eigenvalue weighted by Crippen LogP contribution is 2.34. The van der Waals surface area contributed by atoms with Gasteiger partial charge in [-0.3, -0.25) is 0 Å². The highest BCUT2D eigenvalue weighted by molar-refractivity contribution is 7.88. The normalized spacial score (nSPS) is 20.7. The van der Waals surface area contributed by atoms with E-state index in [9.17, 15) is 8.42 Å². The zero-order valence-corrected chi connectivity index (χ0v) is 16.2. The molecule has 0 radical (unpaired) electrons. The summed E-state index contributed by atoms with van der Waals surface area (Å²) in [6.07, 6.45) is 1.22. The van der Waals surface area contributed by atoms with Crippen molar-refractivity contribution in [3.63, 3.8) is 0 Å². The van der Waals surface area contributed by atoms with Gasteiger partial charge >= 0.3 is 0 Å². The fraction of sp³-hybridized carbons (Fsp3) is 0.444. The van der Waals surface area contributed by atoms with Gasteiger partial charge in [0, 0.05) is 29.9 Å². The minimum absolute atomic E-state index is 0.156. The first-order chi connectivity index (χ1) is 12.8. The Labute approximate surface area is 159 Å². The molecule has 1 fully saturated rings. The zero-order chi connectivity index (χ0) is 19.2. The lowest BCUT2D eigenvalue weighted by molar-refractivity contribution is 0.0981. The van der Waals surface area contributed by atoms with Crippen molar-refractivity contribution in [3.8, 4) is 11.3 Å². The number of hydrogen-bond acceptors (Lipinski definition) is 7. The van der Waals surface area contributed by atoms with Crippen LogP contribution in [0.3, 0.4) is 0 Å². The number of anilines is 2. The topological polar surface area (TPSA) is 102 Å². The Bertz CT molecular complexity index is 962. The first-order valence-corrected chi connectivity index (χ1v) is 10.7. The van der Waals surface area contributed by atoms with Gasteiger partial charge in [-0.15, -0.1) is 0 Å². The third-order valence-corrected chi connectivity index (χ3v) is 6.22. The molecule has 0 saturated carbocycles. The molecule has 2 aliphatic rings. The molecule has 2 N–H and O–H groups in total. The number of sulfonamides is 1. The lowest BCUT2D eigenvalue weighted by Crippen LogP contribution is -2.44. The Morgan fingerprint density at radius 2 is 1.93 bits per heavy atom. The molecule has 1 aromatic carbocycles. The van der Waals surface area contributed by atoms with E-state index in [4.69, 9.17) is 20.4 Å². The minimum Gasteiger partial charge on any atom is -0.399 e. The van der Waals surface area contributed by atoms with Crippen molar-refractivity contribution in [2.75, 3.05) is 36.6 Å². The number of benzene rings is 1. The van der Waals surface area contributed by atoms with Crippen LogP contribution in [0.4, 0.5) is 11.6 Å². The van der Waals surface area contributed by atoms with Gasteiger partial charge in [-0.1, -0.05) is 12.1 Å². The summed E-state index contributed by atoms with van der Waals surface area (Å²) in [6.45, 7) is 4.57. The van der Waals surface area contributed by atoms with Gasteiger partial charge in [0.1, 0.15) is 0 Å². The van der Waals surface area contributed by atoms with Crippen LogP contribution in [0.1, 0.15) is 18.2 Å². The van der Waals surface area contributed by atoms with Crippen LogP contribution in [0.5, 0.6) is 0 Å². The molecule has 1 saturated heterocycles. The van der Waals surface area contributed by atoms with Gasteiger partial charge in [0.15, 0.2) is 0 Å². The van der Waals surface area contributed by atoms with E-state index in [1.165, 1.54) is 10.6 Å². The maximum atomic E-state index is 12.1. The average molecular weight is 389 g/mol. The van der Waals surface area contributed by atoms with Crippen molar-refractivity contribution in [2.24, 2.45) is 0 Å². The predicted octanol–water partition coefficient (Wildman–Crippen LogP) is 1.23. The Hall–Kier alpha value is -2.23. The maximum absolute atomic E-state index is 12.1. The second-order valence-corrected chi connectivity index (χ2v) is 9.05. The number of nitrogens with two attached hydrogens (primary N) is 1. The van der Waals surface area contributed by atoms with Crippen molar-refractivity contribution in [1.82, 2.24) is 14.3 Å². The highest BCUT2D eigenvalue weighted by Gasteiger charge is 2.32. The van der Waals surface area contributed by atoms with Crippen LogP contribution >= 0.6 is 0 Å². The number of nitrogen functional groups attached to an aromatic ring is 1. The first kappa shape index (κ1) is 18.1. The van der Waals surface area contributed by atoms with Crippen LogP contribution in [0.2, 0.25) is 0 Å². The fourth-order valence-electron chi connectivity index (χ4n) is 3.48. The third kappa shape index (κ3) is 3.50. The summed E-state index contributed by atoms with van der Waals surface area (Å²) in [7, 11) is -3.31. The fourth-order valence-corrected chi connectivity index (χ4v) is 4.20. The Morgan fingerprint density at radius 3 is 2.59 bits per heavy atom. The number of hydrogen-bond donors (Lipinski definition) is 1. The molecular weight excluding hydrogens is 366 g/mol. The summed E-state index contributed by atoms with van der Waals surface area (Å²) >= 11 is 0. The summed E-state index contributed by atoms with van der Waals surface area (Å²) in [6, 6.07) is 7.62. The van der Waals surface area contributed by atoms with Gasteiger partial charge in [0.05, 0.1) is 43.4 Å². The molecule has 2 aromatic rings. The van der Waals surface area contributed by atoms with Crippen LogP contribution in [0.25, 0.3) is 11.3 Å². The minimum atomic E-state index is -3.31. The molecule has 9 heteroatoms. The number of morpholine rings is 1. The number of nitrogens with zero attached hydrogens (tertiary/aromatic N) is 4. The molecule has 0 amide bonds. The van der Waals surface area contributed by atoms with Crippen LogP contribution in [0.15, 0.2) is 24.3 Å². The van der Waals surface area contributed by atoms with E-state index < -0.39 is 10.0 Å². The molecule has 8 nitrogen and oxygen atoms in total. The van der Waals surface area contributed by atoms with Gasteiger partial charge < -0.3 is 15.4 Å². The maximum Gasteiger partial charge on any atom is 0.226 e. The molecule has 1 unspecified atom stereocenters. The monoisotopic (exact) mass is 389 g/mol. The van der Waals surface area contributed by atoms with E-state index >= 15 is 0 Å². The third-order valence-electron chi connectivity index (χ3n) is 5.02. The lowest BCUT2D eigenvalue weighted by Gasteiger charge is -2.33. The molecule has 0 spiro atoms. The molecule has 0 aliphatic carbocycles. The molecule has 27 heavy (non-hydrogen) atoms. The summed E-state index contributed by atoms with van der Waals surface area (Å²) in [5.74, 6) is 0.617. The average Bonchev–Trinajstić information content (AvgIpc) is 3.07. The summed E-state index contributed by atoms with van der Waals surface area (Å²) in [5.41, 5.74) is 9.77. The molecule has 144 valence electrons. The van der Waals surface area contributed by atoms with Gasteiger partial charge in [-0.25, -0.2) is 18.4 Å². The predicted molar refractivity (Wildman–Crippen MR) is 104 cm³/mol. The van der Waals surface area contributed by atoms with Gasteiger partial charge in [-0.2, -0.15) is 4.31 Å². The van der Waals surface area contributed by atoms with Crippen molar-refractivity contribution in [1.29, 1.82) is 0 Å². The van der Waals surface area contributed by atoms with E-state index in [1.807, 2.05) is 24.3 Å². The smallest absolute Gasteiger partial charge is 0.226 e. The quantitative estimate of drug-likeness (QED) is 0.788. The largest absolute Gasteiger partial charge is 0.399 e. The van der Waals surface area contributed by atoms with E-state index in [0.29, 0.717) is 31.4 Å². The molecule has 1 aromatic heterocycles.